The van der Waals surface area contributed by atoms with E-state index in [0.29, 0.717) is 19.5 Å². The maximum atomic E-state index is 11.0. The number of nitrogens with zero attached hydrogens (tertiary/aromatic N) is 2. The molecule has 19 heavy (non-hydrogen) atoms. The van der Waals surface area contributed by atoms with Crippen LogP contribution in [0.1, 0.15) is 12.0 Å². The molecule has 0 radical (unpaired) electrons. The highest BCUT2D eigenvalue weighted by molar-refractivity contribution is 5.65. The molecule has 1 aromatic rings. The Balaban J connectivity index is 1.99. The molecule has 1 amide bonds. The van der Waals surface area contributed by atoms with E-state index in [1.165, 1.54) is 4.90 Å². The van der Waals surface area contributed by atoms with E-state index >= 15 is 0 Å². The summed E-state index contributed by atoms with van der Waals surface area (Å²) in [6.45, 7) is 2.92. The van der Waals surface area contributed by atoms with Gasteiger partial charge in [0.15, 0.2) is 0 Å². The highest BCUT2D eigenvalue weighted by Crippen LogP contribution is 2.17. The van der Waals surface area contributed by atoms with Gasteiger partial charge >= 0.3 is 6.09 Å². The first-order valence-electron chi connectivity index (χ1n) is 6.63. The molecule has 2 rings (SSSR count). The van der Waals surface area contributed by atoms with E-state index in [1.807, 2.05) is 24.3 Å². The number of aliphatic hydroxyl groups excluding tert-OH is 1. The summed E-state index contributed by atoms with van der Waals surface area (Å²) in [4.78, 5) is 14.6. The molecule has 1 aliphatic heterocycles. The quantitative estimate of drug-likeness (QED) is 0.866. The number of anilines is 1. The third-order valence-corrected chi connectivity index (χ3v) is 3.47. The van der Waals surface area contributed by atoms with Gasteiger partial charge in [-0.05, 0) is 30.5 Å². The summed E-state index contributed by atoms with van der Waals surface area (Å²) in [6.07, 6.45) is 0.692. The standard InChI is InChI=1S/C14H20N2O3/c17-11-6-12-2-4-13(5-3-12)15-7-1-8-16(10-9-15)14(18)19/h2-5,17H,1,6-11H2,(H,18,19). The molecule has 104 valence electrons. The molecular formula is C14H20N2O3. The van der Waals surface area contributed by atoms with Crippen LogP contribution in [0, 0.1) is 0 Å². The first-order chi connectivity index (χ1) is 9.20. The van der Waals surface area contributed by atoms with E-state index in [9.17, 15) is 4.79 Å². The molecule has 0 unspecified atom stereocenters. The maximum Gasteiger partial charge on any atom is 0.407 e. The predicted octanol–water partition coefficient (Wildman–Crippen LogP) is 1.41. The Labute approximate surface area is 113 Å². The van der Waals surface area contributed by atoms with Crippen molar-refractivity contribution in [2.24, 2.45) is 0 Å². The first-order valence-corrected chi connectivity index (χ1v) is 6.63. The Morgan fingerprint density at radius 3 is 2.47 bits per heavy atom. The molecular weight excluding hydrogens is 244 g/mol. The number of hydrogen-bond acceptors (Lipinski definition) is 3. The van der Waals surface area contributed by atoms with Crippen molar-refractivity contribution >= 4 is 11.8 Å². The Morgan fingerprint density at radius 1 is 1.11 bits per heavy atom. The summed E-state index contributed by atoms with van der Waals surface area (Å²) >= 11 is 0. The molecule has 5 heteroatoms. The second-order valence-corrected chi connectivity index (χ2v) is 4.75. The largest absolute Gasteiger partial charge is 0.465 e. The van der Waals surface area contributed by atoms with Crippen molar-refractivity contribution in [3.8, 4) is 0 Å². The molecule has 5 nitrogen and oxygen atoms in total. The van der Waals surface area contributed by atoms with E-state index in [0.717, 1.165) is 30.8 Å². The van der Waals surface area contributed by atoms with Crippen molar-refractivity contribution in [3.63, 3.8) is 0 Å². The summed E-state index contributed by atoms with van der Waals surface area (Å²) in [6, 6.07) is 8.12. The van der Waals surface area contributed by atoms with E-state index in [-0.39, 0.29) is 6.61 Å². The molecule has 1 aliphatic rings. The fourth-order valence-corrected chi connectivity index (χ4v) is 2.37. The van der Waals surface area contributed by atoms with Gasteiger partial charge in [-0.1, -0.05) is 12.1 Å². The zero-order valence-corrected chi connectivity index (χ0v) is 11.0. The summed E-state index contributed by atoms with van der Waals surface area (Å²) in [5, 5.41) is 17.9. The van der Waals surface area contributed by atoms with Crippen molar-refractivity contribution in [2.45, 2.75) is 12.8 Å². The zero-order chi connectivity index (χ0) is 13.7. The minimum Gasteiger partial charge on any atom is -0.465 e. The number of carbonyl (C=O) groups is 1. The van der Waals surface area contributed by atoms with Crippen LogP contribution in [0.15, 0.2) is 24.3 Å². The number of amides is 1. The van der Waals surface area contributed by atoms with Crippen LogP contribution in [0.3, 0.4) is 0 Å². The first kappa shape index (κ1) is 13.7. The molecule has 0 aliphatic carbocycles. The predicted molar refractivity (Wildman–Crippen MR) is 73.7 cm³/mol. The van der Waals surface area contributed by atoms with Crippen molar-refractivity contribution in [3.05, 3.63) is 29.8 Å². The van der Waals surface area contributed by atoms with E-state index in [4.69, 9.17) is 10.2 Å². The average Bonchev–Trinajstić information content (AvgIpc) is 2.66. The minimum absolute atomic E-state index is 0.163. The van der Waals surface area contributed by atoms with Crippen LogP contribution in [0.5, 0.6) is 0 Å². The fourth-order valence-electron chi connectivity index (χ4n) is 2.37. The molecule has 0 bridgehead atoms. The van der Waals surface area contributed by atoms with Gasteiger partial charge in [0.25, 0.3) is 0 Å². The second-order valence-electron chi connectivity index (χ2n) is 4.75. The summed E-state index contributed by atoms with van der Waals surface area (Å²) < 4.78 is 0. The number of rotatable bonds is 3. The third-order valence-electron chi connectivity index (χ3n) is 3.47. The summed E-state index contributed by atoms with van der Waals surface area (Å²) in [7, 11) is 0. The SMILES string of the molecule is O=C(O)N1CCCN(c2ccc(CCO)cc2)CC1. The lowest BCUT2D eigenvalue weighted by molar-refractivity contribution is 0.148. The van der Waals surface area contributed by atoms with Crippen LogP contribution in [0.25, 0.3) is 0 Å². The van der Waals surface area contributed by atoms with E-state index < -0.39 is 6.09 Å². The lowest BCUT2D eigenvalue weighted by atomic mass is 10.1. The molecule has 1 saturated heterocycles. The van der Waals surface area contributed by atoms with Gasteiger partial charge in [0.2, 0.25) is 0 Å². The zero-order valence-electron chi connectivity index (χ0n) is 11.0. The van der Waals surface area contributed by atoms with Crippen molar-refractivity contribution < 1.29 is 15.0 Å². The van der Waals surface area contributed by atoms with Gasteiger partial charge in [0.1, 0.15) is 0 Å². The van der Waals surface area contributed by atoms with Gasteiger partial charge in [-0.3, -0.25) is 0 Å². The second kappa shape index (κ2) is 6.43. The lowest BCUT2D eigenvalue weighted by Gasteiger charge is -2.23. The van der Waals surface area contributed by atoms with Gasteiger partial charge < -0.3 is 20.0 Å². The van der Waals surface area contributed by atoms with Crippen molar-refractivity contribution in [1.82, 2.24) is 4.90 Å². The maximum absolute atomic E-state index is 11.0. The van der Waals surface area contributed by atoms with Crippen LogP contribution in [0.4, 0.5) is 10.5 Å². The molecule has 1 heterocycles. The van der Waals surface area contributed by atoms with Crippen LogP contribution < -0.4 is 4.90 Å². The normalized spacial score (nSPS) is 16.3. The summed E-state index contributed by atoms with van der Waals surface area (Å²) in [5.74, 6) is 0. The highest BCUT2D eigenvalue weighted by atomic mass is 16.4. The van der Waals surface area contributed by atoms with Gasteiger partial charge in [-0.15, -0.1) is 0 Å². The highest BCUT2D eigenvalue weighted by Gasteiger charge is 2.18. The summed E-state index contributed by atoms with van der Waals surface area (Å²) in [5.41, 5.74) is 2.24. The van der Waals surface area contributed by atoms with Crippen molar-refractivity contribution in [2.75, 3.05) is 37.7 Å². The van der Waals surface area contributed by atoms with E-state index in [1.54, 1.807) is 0 Å². The molecule has 0 atom stereocenters. The monoisotopic (exact) mass is 264 g/mol. The Kier molecular flexibility index (Phi) is 4.63. The van der Waals surface area contributed by atoms with Crippen molar-refractivity contribution in [1.29, 1.82) is 0 Å². The number of benzene rings is 1. The topological polar surface area (TPSA) is 64.0 Å². The number of hydrogen-bond donors (Lipinski definition) is 2. The molecule has 0 spiro atoms. The van der Waals surface area contributed by atoms with Crippen LogP contribution in [0.2, 0.25) is 0 Å². The lowest BCUT2D eigenvalue weighted by Crippen LogP contribution is -2.34. The number of carboxylic acid groups (broad SMARTS) is 1. The molecule has 2 N–H and O–H groups in total. The number of aliphatic hydroxyl groups is 1. The molecule has 1 fully saturated rings. The Morgan fingerprint density at radius 2 is 1.84 bits per heavy atom. The van der Waals surface area contributed by atoms with Gasteiger partial charge in [-0.2, -0.15) is 0 Å². The minimum atomic E-state index is -0.833. The Hall–Kier alpha value is -1.75. The Bertz CT molecular complexity index is 419. The average molecular weight is 264 g/mol. The smallest absolute Gasteiger partial charge is 0.407 e. The van der Waals surface area contributed by atoms with Crippen LogP contribution in [-0.4, -0.2) is 54.0 Å². The molecule has 0 aromatic heterocycles. The van der Waals surface area contributed by atoms with E-state index in [2.05, 4.69) is 4.90 Å². The molecule has 0 saturated carbocycles. The van der Waals surface area contributed by atoms with Crippen LogP contribution >= 0.6 is 0 Å². The fraction of sp³-hybridized carbons (Fsp3) is 0.500. The molecule has 1 aromatic carbocycles. The van der Waals surface area contributed by atoms with Gasteiger partial charge in [0, 0.05) is 38.5 Å². The van der Waals surface area contributed by atoms with Gasteiger partial charge in [-0.25, -0.2) is 4.79 Å². The third kappa shape index (κ3) is 3.61. The van der Waals surface area contributed by atoms with Gasteiger partial charge in [0.05, 0.1) is 0 Å². The van der Waals surface area contributed by atoms with Crippen LogP contribution in [-0.2, 0) is 6.42 Å².